The molecule has 2 rings (SSSR count). The molecular weight excluding hydrogens is 304 g/mol. The topological polar surface area (TPSA) is 55.1 Å². The largest absolute Gasteiger partial charge is 0.324 e. The number of carbonyl (C=O) groups is 1. The van der Waals surface area contributed by atoms with E-state index < -0.39 is 5.54 Å². The summed E-state index contributed by atoms with van der Waals surface area (Å²) < 4.78 is 0.962. The molecule has 3 N–H and O–H groups in total. The lowest BCUT2D eigenvalue weighted by Crippen LogP contribution is -2.45. The highest BCUT2D eigenvalue weighted by molar-refractivity contribution is 9.10. The van der Waals surface area contributed by atoms with Crippen molar-refractivity contribution in [3.05, 3.63) is 64.6 Å². The zero-order valence-corrected chi connectivity index (χ0v) is 12.1. The summed E-state index contributed by atoms with van der Waals surface area (Å²) in [6.45, 7) is 1.70. The Kier molecular flexibility index (Phi) is 4.02. The maximum atomic E-state index is 12.3. The van der Waals surface area contributed by atoms with Gasteiger partial charge in [0.1, 0.15) is 5.54 Å². The Morgan fingerprint density at radius 3 is 2.26 bits per heavy atom. The first kappa shape index (κ1) is 13.8. The molecule has 0 aliphatic heterocycles. The Balaban J connectivity index is 2.17. The number of rotatable bonds is 3. The molecule has 0 aliphatic carbocycles. The molecule has 1 unspecified atom stereocenters. The second kappa shape index (κ2) is 5.55. The Labute approximate surface area is 121 Å². The van der Waals surface area contributed by atoms with Gasteiger partial charge in [0, 0.05) is 10.2 Å². The van der Waals surface area contributed by atoms with Gasteiger partial charge in [-0.25, -0.2) is 0 Å². The van der Waals surface area contributed by atoms with Gasteiger partial charge in [0.2, 0.25) is 5.91 Å². The zero-order chi connectivity index (χ0) is 13.9. The van der Waals surface area contributed by atoms with E-state index in [1.54, 1.807) is 6.92 Å². The van der Waals surface area contributed by atoms with Crippen molar-refractivity contribution in [3.8, 4) is 0 Å². The summed E-state index contributed by atoms with van der Waals surface area (Å²) in [6.07, 6.45) is 0. The minimum Gasteiger partial charge on any atom is -0.324 e. The van der Waals surface area contributed by atoms with Gasteiger partial charge in [-0.15, -0.1) is 0 Å². The van der Waals surface area contributed by atoms with Gasteiger partial charge < -0.3 is 11.1 Å². The maximum Gasteiger partial charge on any atom is 0.248 e. The van der Waals surface area contributed by atoms with Crippen molar-refractivity contribution < 1.29 is 4.79 Å². The van der Waals surface area contributed by atoms with Gasteiger partial charge >= 0.3 is 0 Å². The fourth-order valence-corrected chi connectivity index (χ4v) is 1.97. The van der Waals surface area contributed by atoms with Crippen LogP contribution in [0.1, 0.15) is 12.5 Å². The molecule has 0 fully saturated rings. The fraction of sp³-hybridized carbons (Fsp3) is 0.133. The first-order valence-corrected chi connectivity index (χ1v) is 6.71. The Bertz CT molecular complexity index is 564. The van der Waals surface area contributed by atoms with Crippen molar-refractivity contribution in [1.82, 2.24) is 0 Å². The third-order valence-electron chi connectivity index (χ3n) is 2.95. The van der Waals surface area contributed by atoms with Gasteiger partial charge in [0.15, 0.2) is 0 Å². The van der Waals surface area contributed by atoms with Crippen molar-refractivity contribution in [2.24, 2.45) is 5.73 Å². The van der Waals surface area contributed by atoms with Crippen LogP contribution in [0.15, 0.2) is 59.1 Å². The van der Waals surface area contributed by atoms with Crippen LogP contribution in [0.5, 0.6) is 0 Å². The van der Waals surface area contributed by atoms with Crippen LogP contribution in [0.3, 0.4) is 0 Å². The smallest absolute Gasteiger partial charge is 0.248 e. The van der Waals surface area contributed by atoms with Crippen molar-refractivity contribution >= 4 is 27.5 Å². The molecule has 2 aromatic rings. The molecule has 2 aromatic carbocycles. The molecule has 3 nitrogen and oxygen atoms in total. The molecule has 0 heterocycles. The molecule has 1 amide bonds. The van der Waals surface area contributed by atoms with E-state index in [1.807, 2.05) is 54.6 Å². The van der Waals surface area contributed by atoms with Crippen LogP contribution in [0.4, 0.5) is 5.69 Å². The molecule has 0 saturated carbocycles. The van der Waals surface area contributed by atoms with E-state index in [0.717, 1.165) is 15.7 Å². The number of anilines is 1. The van der Waals surface area contributed by atoms with Crippen LogP contribution in [0.2, 0.25) is 0 Å². The number of benzene rings is 2. The maximum absolute atomic E-state index is 12.3. The number of hydrogen-bond donors (Lipinski definition) is 2. The van der Waals surface area contributed by atoms with Crippen LogP contribution in [-0.4, -0.2) is 5.91 Å². The average Bonchev–Trinajstić information content (AvgIpc) is 2.42. The Hall–Kier alpha value is -1.65. The predicted octanol–water partition coefficient (Wildman–Crippen LogP) is 3.26. The molecule has 0 radical (unpaired) electrons. The number of carbonyl (C=O) groups excluding carboxylic acids is 1. The number of halogens is 1. The van der Waals surface area contributed by atoms with E-state index in [2.05, 4.69) is 21.2 Å². The first-order chi connectivity index (χ1) is 9.00. The van der Waals surface area contributed by atoms with E-state index in [1.165, 1.54) is 0 Å². The predicted molar refractivity (Wildman–Crippen MR) is 80.8 cm³/mol. The molecule has 0 saturated heterocycles. The third kappa shape index (κ3) is 3.22. The van der Waals surface area contributed by atoms with Crippen molar-refractivity contribution in [1.29, 1.82) is 0 Å². The summed E-state index contributed by atoms with van der Waals surface area (Å²) in [5.41, 5.74) is 6.58. The van der Waals surface area contributed by atoms with E-state index >= 15 is 0 Å². The van der Waals surface area contributed by atoms with E-state index in [0.29, 0.717) is 0 Å². The second-order valence-corrected chi connectivity index (χ2v) is 5.45. The van der Waals surface area contributed by atoms with Crippen LogP contribution in [0.25, 0.3) is 0 Å². The minimum absolute atomic E-state index is 0.235. The zero-order valence-electron chi connectivity index (χ0n) is 10.6. The van der Waals surface area contributed by atoms with Crippen LogP contribution in [0, 0.1) is 0 Å². The summed E-state index contributed by atoms with van der Waals surface area (Å²) in [5, 5.41) is 2.82. The standard InChI is InChI=1S/C15H15BrN2O/c1-15(17,11-5-3-2-4-6-11)14(19)18-13-9-7-12(16)8-10-13/h2-10H,17H2,1H3,(H,18,19). The number of nitrogens with one attached hydrogen (secondary N) is 1. The number of hydrogen-bond acceptors (Lipinski definition) is 2. The molecule has 0 aliphatic rings. The van der Waals surface area contributed by atoms with E-state index in [9.17, 15) is 4.79 Å². The lowest BCUT2D eigenvalue weighted by Gasteiger charge is -2.24. The van der Waals surface area contributed by atoms with Gasteiger partial charge in [0.05, 0.1) is 0 Å². The average molecular weight is 319 g/mol. The molecular formula is C15H15BrN2O. The van der Waals surface area contributed by atoms with E-state index in [-0.39, 0.29) is 5.91 Å². The van der Waals surface area contributed by atoms with Gasteiger partial charge in [-0.3, -0.25) is 4.79 Å². The Morgan fingerprint density at radius 1 is 1.11 bits per heavy atom. The van der Waals surface area contributed by atoms with Gasteiger partial charge in [-0.1, -0.05) is 46.3 Å². The summed E-state index contributed by atoms with van der Waals surface area (Å²) in [6, 6.07) is 16.7. The van der Waals surface area contributed by atoms with Crippen LogP contribution in [-0.2, 0) is 10.3 Å². The minimum atomic E-state index is -1.06. The lowest BCUT2D eigenvalue weighted by atomic mass is 9.92. The molecule has 0 bridgehead atoms. The molecule has 0 aromatic heterocycles. The van der Waals surface area contributed by atoms with Crippen LogP contribution >= 0.6 is 15.9 Å². The first-order valence-electron chi connectivity index (χ1n) is 5.91. The normalized spacial score (nSPS) is 13.6. The highest BCUT2D eigenvalue weighted by atomic mass is 79.9. The number of amides is 1. The Morgan fingerprint density at radius 2 is 1.68 bits per heavy atom. The molecule has 4 heteroatoms. The lowest BCUT2D eigenvalue weighted by molar-refractivity contribution is -0.120. The molecule has 0 spiro atoms. The highest BCUT2D eigenvalue weighted by Gasteiger charge is 2.30. The van der Waals surface area contributed by atoms with Gasteiger partial charge in [0.25, 0.3) is 0 Å². The monoisotopic (exact) mass is 318 g/mol. The summed E-state index contributed by atoms with van der Waals surface area (Å²) in [7, 11) is 0. The summed E-state index contributed by atoms with van der Waals surface area (Å²) in [4.78, 5) is 12.3. The third-order valence-corrected chi connectivity index (χ3v) is 3.48. The van der Waals surface area contributed by atoms with Crippen molar-refractivity contribution in [3.63, 3.8) is 0 Å². The van der Waals surface area contributed by atoms with Crippen molar-refractivity contribution in [2.75, 3.05) is 5.32 Å². The SMILES string of the molecule is CC(N)(C(=O)Nc1ccc(Br)cc1)c1ccccc1. The molecule has 1 atom stereocenters. The molecule has 19 heavy (non-hydrogen) atoms. The van der Waals surface area contributed by atoms with E-state index in [4.69, 9.17) is 5.73 Å². The summed E-state index contributed by atoms with van der Waals surface area (Å²) in [5.74, 6) is -0.235. The van der Waals surface area contributed by atoms with Gasteiger partial charge in [-0.2, -0.15) is 0 Å². The highest BCUT2D eigenvalue weighted by Crippen LogP contribution is 2.21. The molecule has 98 valence electrons. The fourth-order valence-electron chi connectivity index (χ4n) is 1.71. The second-order valence-electron chi connectivity index (χ2n) is 4.53. The number of nitrogens with two attached hydrogens (primary N) is 1. The summed E-state index contributed by atoms with van der Waals surface area (Å²) >= 11 is 3.35. The van der Waals surface area contributed by atoms with Crippen molar-refractivity contribution in [2.45, 2.75) is 12.5 Å². The van der Waals surface area contributed by atoms with Gasteiger partial charge in [-0.05, 0) is 36.8 Å². The quantitative estimate of drug-likeness (QED) is 0.912. The van der Waals surface area contributed by atoms with Crippen LogP contribution < -0.4 is 11.1 Å².